The summed E-state index contributed by atoms with van der Waals surface area (Å²) in [7, 11) is 0. The van der Waals surface area contributed by atoms with Crippen LogP contribution in [-0.4, -0.2) is 44.0 Å². The minimum atomic E-state index is -4.80. The first-order chi connectivity index (χ1) is 19.2. The summed E-state index contributed by atoms with van der Waals surface area (Å²) in [6, 6.07) is 18.3. The fourth-order valence-electron chi connectivity index (χ4n) is 3.81. The molecular weight excluding hydrogens is 545 g/mol. The number of aryl methyl sites for hydroxylation is 2. The Morgan fingerprint density at radius 1 is 0.925 bits per heavy atom. The summed E-state index contributed by atoms with van der Waals surface area (Å²) >= 11 is 1.41. The van der Waals surface area contributed by atoms with Crippen LogP contribution in [-0.2, 0) is 30.5 Å². The second kappa shape index (κ2) is 13.8. The highest BCUT2D eigenvalue weighted by atomic mass is 32.1. The standard InChI is InChI=1S/C27H27F3N6O3S/c28-27(29,30)39-21-11-6-9-19(15-21)17-23(37)31-22-14-13-20(33-34-22)10-4-5-12-25-35-36-26(40-25)32-24(38)16-18-7-2-1-3-8-18/h1-3,6-9,11,13-15,24,38H,4-5,10,12,16-17H2,(H,32,36)(H,31,34,37). The number of carbonyl (C=O) groups is 1. The summed E-state index contributed by atoms with van der Waals surface area (Å²) in [4.78, 5) is 12.3. The number of carbonyl (C=O) groups excluding carboxylic acids is 1. The van der Waals surface area contributed by atoms with Crippen LogP contribution in [0.4, 0.5) is 24.1 Å². The largest absolute Gasteiger partial charge is 0.573 e. The maximum Gasteiger partial charge on any atom is 0.573 e. The van der Waals surface area contributed by atoms with Gasteiger partial charge < -0.3 is 20.5 Å². The SMILES string of the molecule is O=C(Cc1cccc(OC(F)(F)F)c1)Nc1ccc(CCCCc2nnc(NC(O)Cc3ccccc3)s2)nn1. The monoisotopic (exact) mass is 572 g/mol. The van der Waals surface area contributed by atoms with Crippen LogP contribution in [0, 0.1) is 0 Å². The third-order valence-corrected chi connectivity index (χ3v) is 6.50. The predicted molar refractivity (Wildman–Crippen MR) is 144 cm³/mol. The van der Waals surface area contributed by atoms with Gasteiger partial charge in [0.15, 0.2) is 5.82 Å². The van der Waals surface area contributed by atoms with Crippen molar-refractivity contribution in [3.63, 3.8) is 0 Å². The quantitative estimate of drug-likeness (QED) is 0.152. The third kappa shape index (κ3) is 9.89. The Morgan fingerprint density at radius 2 is 1.70 bits per heavy atom. The molecule has 4 rings (SSSR count). The Bertz CT molecular complexity index is 1370. The zero-order valence-electron chi connectivity index (χ0n) is 21.3. The fraction of sp³-hybridized carbons (Fsp3) is 0.296. The zero-order valence-corrected chi connectivity index (χ0v) is 22.1. The van der Waals surface area contributed by atoms with Gasteiger partial charge in [0.1, 0.15) is 17.0 Å². The van der Waals surface area contributed by atoms with Crippen LogP contribution < -0.4 is 15.4 Å². The van der Waals surface area contributed by atoms with Crippen LogP contribution in [0.15, 0.2) is 66.7 Å². The van der Waals surface area contributed by atoms with Gasteiger partial charge in [0.25, 0.3) is 0 Å². The van der Waals surface area contributed by atoms with Gasteiger partial charge in [0, 0.05) is 12.8 Å². The van der Waals surface area contributed by atoms with Crippen LogP contribution in [0.25, 0.3) is 0 Å². The van der Waals surface area contributed by atoms with Gasteiger partial charge in [0.2, 0.25) is 11.0 Å². The maximum absolute atomic E-state index is 12.4. The van der Waals surface area contributed by atoms with Gasteiger partial charge >= 0.3 is 6.36 Å². The van der Waals surface area contributed by atoms with E-state index in [-0.39, 0.29) is 18.0 Å². The number of amides is 1. The Balaban J connectivity index is 1.15. The molecule has 2 aromatic heterocycles. The molecule has 13 heteroatoms. The molecule has 1 atom stereocenters. The number of ether oxygens (including phenoxy) is 1. The molecule has 0 saturated carbocycles. The highest BCUT2D eigenvalue weighted by Gasteiger charge is 2.31. The Labute approximate surface area is 232 Å². The summed E-state index contributed by atoms with van der Waals surface area (Å²) in [5.41, 5.74) is 2.15. The van der Waals surface area contributed by atoms with Crippen molar-refractivity contribution in [2.75, 3.05) is 10.6 Å². The number of benzene rings is 2. The van der Waals surface area contributed by atoms with Crippen LogP contribution >= 0.6 is 11.3 Å². The number of rotatable bonds is 13. The summed E-state index contributed by atoms with van der Waals surface area (Å²) in [6.07, 6.45) is -2.10. The molecule has 0 spiro atoms. The number of anilines is 2. The zero-order chi connectivity index (χ0) is 28.4. The van der Waals surface area contributed by atoms with Crippen LogP contribution in [0.2, 0.25) is 0 Å². The summed E-state index contributed by atoms with van der Waals surface area (Å²) in [5.74, 6) is -0.577. The van der Waals surface area contributed by atoms with E-state index < -0.39 is 18.5 Å². The first-order valence-electron chi connectivity index (χ1n) is 12.5. The van der Waals surface area contributed by atoms with Gasteiger partial charge in [-0.25, -0.2) is 0 Å². The van der Waals surface area contributed by atoms with Gasteiger partial charge in [-0.15, -0.1) is 28.5 Å². The number of aliphatic hydroxyl groups is 1. The van der Waals surface area contributed by atoms with E-state index in [4.69, 9.17) is 0 Å². The molecule has 0 radical (unpaired) electrons. The lowest BCUT2D eigenvalue weighted by atomic mass is 10.1. The first-order valence-corrected chi connectivity index (χ1v) is 13.3. The topological polar surface area (TPSA) is 122 Å². The van der Waals surface area contributed by atoms with Gasteiger partial charge in [-0.1, -0.05) is 53.8 Å². The minimum absolute atomic E-state index is 0.146. The van der Waals surface area contributed by atoms with Crippen molar-refractivity contribution < 1.29 is 27.8 Å². The summed E-state index contributed by atoms with van der Waals surface area (Å²) in [6.45, 7) is 0. The number of unbranched alkanes of at least 4 members (excludes halogenated alkanes) is 1. The molecule has 9 nitrogen and oxygen atoms in total. The predicted octanol–water partition coefficient (Wildman–Crippen LogP) is 4.95. The van der Waals surface area contributed by atoms with E-state index in [0.717, 1.165) is 41.6 Å². The van der Waals surface area contributed by atoms with Crippen molar-refractivity contribution in [1.29, 1.82) is 0 Å². The van der Waals surface area contributed by atoms with Crippen molar-refractivity contribution in [2.24, 2.45) is 0 Å². The van der Waals surface area contributed by atoms with Crippen molar-refractivity contribution >= 4 is 28.2 Å². The van der Waals surface area contributed by atoms with E-state index in [1.54, 1.807) is 12.1 Å². The second-order valence-electron chi connectivity index (χ2n) is 8.89. The number of halogens is 3. The minimum Gasteiger partial charge on any atom is -0.406 e. The van der Waals surface area contributed by atoms with Gasteiger partial charge in [-0.2, -0.15) is 5.10 Å². The fourth-order valence-corrected chi connectivity index (χ4v) is 4.64. The molecule has 0 fully saturated rings. The molecule has 40 heavy (non-hydrogen) atoms. The average Bonchev–Trinajstić information content (AvgIpc) is 3.34. The van der Waals surface area contributed by atoms with Gasteiger partial charge in [-0.3, -0.25) is 4.79 Å². The number of nitrogens with one attached hydrogen (secondary N) is 2. The van der Waals surface area contributed by atoms with Crippen LogP contribution in [0.3, 0.4) is 0 Å². The molecule has 1 unspecified atom stereocenters. The molecular formula is C27H27F3N6O3S. The number of hydrogen-bond acceptors (Lipinski definition) is 9. The Morgan fingerprint density at radius 3 is 2.45 bits per heavy atom. The molecule has 2 heterocycles. The summed E-state index contributed by atoms with van der Waals surface area (Å²) < 4.78 is 41.1. The van der Waals surface area contributed by atoms with Gasteiger partial charge in [-0.05, 0) is 54.7 Å². The lowest BCUT2D eigenvalue weighted by Gasteiger charge is -2.11. The van der Waals surface area contributed by atoms with E-state index in [0.29, 0.717) is 23.5 Å². The third-order valence-electron chi connectivity index (χ3n) is 5.59. The van der Waals surface area contributed by atoms with Crippen molar-refractivity contribution in [3.8, 4) is 5.75 Å². The molecule has 0 aliphatic carbocycles. The number of alkyl halides is 3. The van der Waals surface area contributed by atoms with E-state index in [1.165, 1.54) is 29.5 Å². The van der Waals surface area contributed by atoms with Crippen molar-refractivity contribution in [1.82, 2.24) is 20.4 Å². The highest BCUT2D eigenvalue weighted by molar-refractivity contribution is 7.15. The van der Waals surface area contributed by atoms with Crippen molar-refractivity contribution in [3.05, 3.63) is 88.6 Å². The normalized spacial score (nSPS) is 12.1. The molecule has 0 aliphatic heterocycles. The second-order valence-corrected chi connectivity index (χ2v) is 9.95. The summed E-state index contributed by atoms with van der Waals surface area (Å²) in [5, 5.41) is 33.7. The first kappa shape index (κ1) is 28.9. The lowest BCUT2D eigenvalue weighted by molar-refractivity contribution is -0.274. The smallest absolute Gasteiger partial charge is 0.406 e. The number of hydrogen-bond donors (Lipinski definition) is 3. The number of aromatic nitrogens is 4. The molecule has 2 aromatic carbocycles. The number of nitrogens with zero attached hydrogens (tertiary/aromatic N) is 4. The average molecular weight is 573 g/mol. The maximum atomic E-state index is 12.4. The molecule has 1 amide bonds. The van der Waals surface area contributed by atoms with Crippen molar-refractivity contribution in [2.45, 2.75) is 51.1 Å². The molecule has 0 bridgehead atoms. The highest BCUT2D eigenvalue weighted by Crippen LogP contribution is 2.24. The van der Waals surface area contributed by atoms with E-state index >= 15 is 0 Å². The number of aliphatic hydroxyl groups excluding tert-OH is 1. The molecule has 0 saturated heterocycles. The van der Waals surface area contributed by atoms with E-state index in [1.807, 2.05) is 30.3 Å². The van der Waals surface area contributed by atoms with Crippen LogP contribution in [0.5, 0.6) is 5.75 Å². The Hall–Kier alpha value is -4.10. The molecule has 4 aromatic rings. The molecule has 210 valence electrons. The van der Waals surface area contributed by atoms with E-state index in [9.17, 15) is 23.1 Å². The van der Waals surface area contributed by atoms with Crippen LogP contribution in [0.1, 0.15) is 34.7 Å². The lowest BCUT2D eigenvalue weighted by Crippen LogP contribution is -2.21. The molecule has 0 aliphatic rings. The van der Waals surface area contributed by atoms with E-state index in [2.05, 4.69) is 35.8 Å². The van der Waals surface area contributed by atoms with Gasteiger partial charge in [0.05, 0.1) is 12.1 Å². The Kier molecular flexibility index (Phi) is 9.97. The molecule has 3 N–H and O–H groups in total.